The van der Waals surface area contributed by atoms with Gasteiger partial charge in [-0.3, -0.25) is 0 Å². The molecule has 0 amide bonds. The van der Waals surface area contributed by atoms with Gasteiger partial charge in [-0.2, -0.15) is 0 Å². The van der Waals surface area contributed by atoms with E-state index in [1.807, 2.05) is 24.3 Å². The monoisotopic (exact) mass is 274 g/mol. The van der Waals surface area contributed by atoms with Crippen LogP contribution in [-0.4, -0.2) is 19.0 Å². The molecule has 1 atom stereocenters. The van der Waals surface area contributed by atoms with Gasteiger partial charge in [-0.15, -0.1) is 0 Å². The van der Waals surface area contributed by atoms with Gasteiger partial charge < -0.3 is 10.6 Å². The first-order chi connectivity index (χ1) is 9.08. The molecule has 0 saturated heterocycles. The predicted octanol–water partition coefficient (Wildman–Crippen LogP) is 3.45. The van der Waals surface area contributed by atoms with Crippen molar-refractivity contribution in [1.82, 2.24) is 4.90 Å². The van der Waals surface area contributed by atoms with Crippen molar-refractivity contribution in [3.05, 3.63) is 70.2 Å². The topological polar surface area (TPSA) is 29.3 Å². The number of hydrogen-bond donors (Lipinski definition) is 1. The zero-order valence-corrected chi connectivity index (χ0v) is 12.1. The third kappa shape index (κ3) is 3.57. The maximum absolute atomic E-state index is 6.27. The number of benzene rings is 2. The third-order valence-electron chi connectivity index (χ3n) is 3.08. The van der Waals surface area contributed by atoms with Crippen LogP contribution >= 0.6 is 11.6 Å². The lowest BCUT2D eigenvalue weighted by Gasteiger charge is -2.15. The van der Waals surface area contributed by atoms with Crippen LogP contribution in [0.4, 0.5) is 0 Å². The summed E-state index contributed by atoms with van der Waals surface area (Å²) in [5, 5.41) is 0.715. The average molecular weight is 275 g/mol. The number of nitrogens with zero attached hydrogens (tertiary/aromatic N) is 1. The van der Waals surface area contributed by atoms with Crippen molar-refractivity contribution in [2.75, 3.05) is 14.1 Å². The van der Waals surface area contributed by atoms with E-state index < -0.39 is 0 Å². The Kier molecular flexibility index (Phi) is 4.59. The standard InChI is InChI=1S/C16H19ClN2/c1-19(2)11-12-7-9-13(10-8-12)16(18)14-5-3-4-6-15(14)17/h3-10,16H,11,18H2,1-2H3. The molecular weight excluding hydrogens is 256 g/mol. The molecule has 0 aliphatic rings. The van der Waals surface area contributed by atoms with E-state index in [1.54, 1.807) is 0 Å². The summed E-state index contributed by atoms with van der Waals surface area (Å²) < 4.78 is 0. The lowest BCUT2D eigenvalue weighted by Crippen LogP contribution is -2.13. The summed E-state index contributed by atoms with van der Waals surface area (Å²) in [6, 6.07) is 15.9. The van der Waals surface area contributed by atoms with Gasteiger partial charge in [0.1, 0.15) is 0 Å². The summed E-state index contributed by atoms with van der Waals surface area (Å²) in [5.74, 6) is 0. The van der Waals surface area contributed by atoms with Gasteiger partial charge in [-0.25, -0.2) is 0 Å². The van der Waals surface area contributed by atoms with Gasteiger partial charge in [0.2, 0.25) is 0 Å². The third-order valence-corrected chi connectivity index (χ3v) is 3.42. The zero-order chi connectivity index (χ0) is 13.8. The number of halogens is 1. The summed E-state index contributed by atoms with van der Waals surface area (Å²) >= 11 is 6.18. The van der Waals surface area contributed by atoms with Crippen molar-refractivity contribution < 1.29 is 0 Å². The summed E-state index contributed by atoms with van der Waals surface area (Å²) in [5.41, 5.74) is 9.59. The Hall–Kier alpha value is -1.35. The molecule has 0 fully saturated rings. The SMILES string of the molecule is CN(C)Cc1ccc(C(N)c2ccccc2Cl)cc1. The normalized spacial score (nSPS) is 12.7. The molecule has 19 heavy (non-hydrogen) atoms. The van der Waals surface area contributed by atoms with Crippen molar-refractivity contribution >= 4 is 11.6 Å². The van der Waals surface area contributed by atoms with Crippen LogP contribution < -0.4 is 5.73 Å². The van der Waals surface area contributed by atoms with Gasteiger partial charge in [0.05, 0.1) is 6.04 Å². The van der Waals surface area contributed by atoms with E-state index in [0.29, 0.717) is 5.02 Å². The first-order valence-electron chi connectivity index (χ1n) is 6.31. The Balaban J connectivity index is 2.20. The second-order valence-corrected chi connectivity index (χ2v) is 5.39. The van der Waals surface area contributed by atoms with E-state index in [1.165, 1.54) is 5.56 Å². The van der Waals surface area contributed by atoms with Crippen molar-refractivity contribution in [2.24, 2.45) is 5.73 Å². The first kappa shape index (κ1) is 14.1. The van der Waals surface area contributed by atoms with Crippen LogP contribution in [0.5, 0.6) is 0 Å². The van der Waals surface area contributed by atoms with Crippen molar-refractivity contribution in [1.29, 1.82) is 0 Å². The van der Waals surface area contributed by atoms with Crippen LogP contribution in [0.3, 0.4) is 0 Å². The molecular formula is C16H19ClN2. The van der Waals surface area contributed by atoms with Crippen molar-refractivity contribution in [3.63, 3.8) is 0 Å². The Labute approximate surface area is 119 Å². The van der Waals surface area contributed by atoms with E-state index in [4.69, 9.17) is 17.3 Å². The molecule has 3 heteroatoms. The second kappa shape index (κ2) is 6.20. The minimum Gasteiger partial charge on any atom is -0.320 e. The van der Waals surface area contributed by atoms with E-state index in [0.717, 1.165) is 17.7 Å². The Bertz CT molecular complexity index is 535. The fraction of sp³-hybridized carbons (Fsp3) is 0.250. The highest BCUT2D eigenvalue weighted by Crippen LogP contribution is 2.26. The fourth-order valence-corrected chi connectivity index (χ4v) is 2.36. The lowest BCUT2D eigenvalue weighted by atomic mass is 9.98. The Morgan fingerprint density at radius 3 is 2.26 bits per heavy atom. The zero-order valence-electron chi connectivity index (χ0n) is 11.3. The molecule has 0 bridgehead atoms. The van der Waals surface area contributed by atoms with E-state index in [9.17, 15) is 0 Å². The van der Waals surface area contributed by atoms with Gasteiger partial charge in [-0.1, -0.05) is 54.1 Å². The molecule has 0 radical (unpaired) electrons. The van der Waals surface area contributed by atoms with Crippen LogP contribution in [0.25, 0.3) is 0 Å². The van der Waals surface area contributed by atoms with Crippen LogP contribution in [-0.2, 0) is 6.54 Å². The summed E-state index contributed by atoms with van der Waals surface area (Å²) in [6.07, 6.45) is 0. The largest absolute Gasteiger partial charge is 0.320 e. The summed E-state index contributed by atoms with van der Waals surface area (Å²) in [4.78, 5) is 2.14. The lowest BCUT2D eigenvalue weighted by molar-refractivity contribution is 0.402. The molecule has 0 saturated carbocycles. The Morgan fingerprint density at radius 1 is 1.05 bits per heavy atom. The molecule has 2 aromatic carbocycles. The quantitative estimate of drug-likeness (QED) is 0.925. The second-order valence-electron chi connectivity index (χ2n) is 4.98. The predicted molar refractivity (Wildman–Crippen MR) is 81.3 cm³/mol. The van der Waals surface area contributed by atoms with Gasteiger partial charge >= 0.3 is 0 Å². The maximum Gasteiger partial charge on any atom is 0.0566 e. The molecule has 0 heterocycles. The molecule has 0 aliphatic carbocycles. The Morgan fingerprint density at radius 2 is 1.68 bits per heavy atom. The number of hydrogen-bond acceptors (Lipinski definition) is 2. The minimum atomic E-state index is -0.179. The van der Waals surface area contributed by atoms with Gasteiger partial charge in [0.15, 0.2) is 0 Å². The van der Waals surface area contributed by atoms with Crippen LogP contribution in [0.15, 0.2) is 48.5 Å². The van der Waals surface area contributed by atoms with E-state index >= 15 is 0 Å². The molecule has 1 unspecified atom stereocenters. The molecule has 0 spiro atoms. The molecule has 2 N–H and O–H groups in total. The van der Waals surface area contributed by atoms with Crippen molar-refractivity contribution in [2.45, 2.75) is 12.6 Å². The van der Waals surface area contributed by atoms with Crippen LogP contribution in [0.2, 0.25) is 5.02 Å². The van der Waals surface area contributed by atoms with Gasteiger partial charge in [0.25, 0.3) is 0 Å². The van der Waals surface area contributed by atoms with Crippen LogP contribution in [0.1, 0.15) is 22.7 Å². The first-order valence-corrected chi connectivity index (χ1v) is 6.69. The van der Waals surface area contributed by atoms with E-state index in [-0.39, 0.29) is 6.04 Å². The number of rotatable bonds is 4. The minimum absolute atomic E-state index is 0.179. The van der Waals surface area contributed by atoms with Gasteiger partial charge in [0, 0.05) is 11.6 Å². The fourth-order valence-electron chi connectivity index (χ4n) is 2.10. The van der Waals surface area contributed by atoms with Crippen molar-refractivity contribution in [3.8, 4) is 0 Å². The smallest absolute Gasteiger partial charge is 0.0566 e. The molecule has 2 rings (SSSR count). The summed E-state index contributed by atoms with van der Waals surface area (Å²) in [7, 11) is 4.12. The number of nitrogens with two attached hydrogens (primary N) is 1. The van der Waals surface area contributed by atoms with Crippen LogP contribution in [0, 0.1) is 0 Å². The highest BCUT2D eigenvalue weighted by molar-refractivity contribution is 6.31. The van der Waals surface area contributed by atoms with Gasteiger partial charge in [-0.05, 0) is 36.9 Å². The molecule has 2 aromatic rings. The summed E-state index contributed by atoms with van der Waals surface area (Å²) in [6.45, 7) is 0.932. The average Bonchev–Trinajstić information content (AvgIpc) is 2.39. The highest BCUT2D eigenvalue weighted by Gasteiger charge is 2.11. The maximum atomic E-state index is 6.27. The molecule has 2 nitrogen and oxygen atoms in total. The molecule has 100 valence electrons. The highest BCUT2D eigenvalue weighted by atomic mass is 35.5. The van der Waals surface area contributed by atoms with E-state index in [2.05, 4.69) is 43.3 Å². The molecule has 0 aromatic heterocycles. The molecule has 0 aliphatic heterocycles.